The number of para-hydroxylation sites is 1. The van der Waals surface area contributed by atoms with Crippen molar-refractivity contribution in [2.24, 2.45) is 0 Å². The fourth-order valence-corrected chi connectivity index (χ4v) is 3.86. The maximum atomic E-state index is 12.7. The molecule has 6 nitrogen and oxygen atoms in total. The molecule has 0 bridgehead atoms. The zero-order valence-corrected chi connectivity index (χ0v) is 17.7. The Kier molecular flexibility index (Phi) is 5.32. The summed E-state index contributed by atoms with van der Waals surface area (Å²) in [5.41, 5.74) is 2.85. The average Bonchev–Trinajstić information content (AvgIpc) is 2.83. The summed E-state index contributed by atoms with van der Waals surface area (Å²) >= 11 is 4.94. The van der Waals surface area contributed by atoms with Gasteiger partial charge in [-0.3, -0.25) is 9.69 Å². The first-order valence-electron chi connectivity index (χ1n) is 8.77. The highest BCUT2D eigenvalue weighted by atomic mass is 79.9. The van der Waals surface area contributed by atoms with Crippen LogP contribution in [0.2, 0.25) is 0 Å². The Balaban J connectivity index is 1.93. The van der Waals surface area contributed by atoms with E-state index in [0.717, 1.165) is 21.4 Å². The molecular formula is C20H17BrN4O2S. The third-order valence-corrected chi connectivity index (χ3v) is 5.53. The quantitative estimate of drug-likeness (QED) is 0.524. The monoisotopic (exact) mass is 456 g/mol. The minimum Gasteiger partial charge on any atom is -0.447 e. The molecule has 0 spiro atoms. The third kappa shape index (κ3) is 3.49. The first-order chi connectivity index (χ1) is 13.6. The fraction of sp³-hybridized carbons (Fsp3) is 0.200. The second-order valence-corrected chi connectivity index (χ2v) is 8.26. The SMILES string of the molecule is CCSc1nnc2c(n1)OC(c1ccc(Br)cc1)N(C(C)=O)c1ccccc1-2. The van der Waals surface area contributed by atoms with Gasteiger partial charge in [0.25, 0.3) is 0 Å². The number of amides is 1. The molecule has 2 aromatic carbocycles. The molecule has 3 aromatic rings. The van der Waals surface area contributed by atoms with E-state index in [1.807, 2.05) is 55.5 Å². The molecule has 142 valence electrons. The first-order valence-corrected chi connectivity index (χ1v) is 10.5. The van der Waals surface area contributed by atoms with Crippen LogP contribution in [0.5, 0.6) is 5.88 Å². The number of hydrogen-bond acceptors (Lipinski definition) is 6. The molecular weight excluding hydrogens is 440 g/mol. The van der Waals surface area contributed by atoms with E-state index >= 15 is 0 Å². The number of carbonyl (C=O) groups is 1. The summed E-state index contributed by atoms with van der Waals surface area (Å²) in [5.74, 6) is 1.06. The van der Waals surface area contributed by atoms with Crippen LogP contribution in [0.3, 0.4) is 0 Å². The van der Waals surface area contributed by atoms with Crippen molar-refractivity contribution < 1.29 is 9.53 Å². The Labute approximate surface area is 175 Å². The number of rotatable bonds is 3. The average molecular weight is 457 g/mol. The summed E-state index contributed by atoms with van der Waals surface area (Å²) in [6, 6.07) is 15.3. The van der Waals surface area contributed by atoms with Gasteiger partial charge in [-0.25, -0.2) is 0 Å². The van der Waals surface area contributed by atoms with Gasteiger partial charge in [0.2, 0.25) is 23.2 Å². The molecule has 0 saturated carbocycles. The topological polar surface area (TPSA) is 68.2 Å². The number of fused-ring (bicyclic) bond motifs is 3. The van der Waals surface area contributed by atoms with Gasteiger partial charge in [-0.2, -0.15) is 4.98 Å². The number of benzene rings is 2. The lowest BCUT2D eigenvalue weighted by Gasteiger charge is -2.29. The smallest absolute Gasteiger partial charge is 0.247 e. The van der Waals surface area contributed by atoms with Crippen molar-refractivity contribution in [3.8, 4) is 17.1 Å². The number of nitrogens with zero attached hydrogens (tertiary/aromatic N) is 4. The summed E-state index contributed by atoms with van der Waals surface area (Å²) in [4.78, 5) is 18.9. The minimum absolute atomic E-state index is 0.135. The van der Waals surface area contributed by atoms with Crippen LogP contribution >= 0.6 is 27.7 Å². The number of carbonyl (C=O) groups excluding carboxylic acids is 1. The normalized spacial score (nSPS) is 15.2. The van der Waals surface area contributed by atoms with E-state index in [4.69, 9.17) is 4.74 Å². The molecule has 0 saturated heterocycles. The van der Waals surface area contributed by atoms with Crippen LogP contribution in [0.15, 0.2) is 58.2 Å². The number of ether oxygens (including phenoxy) is 1. The summed E-state index contributed by atoms with van der Waals surface area (Å²) in [7, 11) is 0. The predicted molar refractivity (Wildman–Crippen MR) is 112 cm³/mol. The zero-order valence-electron chi connectivity index (χ0n) is 15.3. The van der Waals surface area contributed by atoms with Gasteiger partial charge in [0.05, 0.1) is 5.69 Å². The molecule has 0 aliphatic carbocycles. The van der Waals surface area contributed by atoms with Gasteiger partial charge in [-0.05, 0) is 24.0 Å². The largest absolute Gasteiger partial charge is 0.447 e. The van der Waals surface area contributed by atoms with Crippen LogP contribution in [0, 0.1) is 0 Å². The van der Waals surface area contributed by atoms with Gasteiger partial charge in [0.1, 0.15) is 0 Å². The Bertz CT molecular complexity index is 1030. The molecule has 1 atom stereocenters. The third-order valence-electron chi connectivity index (χ3n) is 4.28. The molecule has 1 amide bonds. The molecule has 0 fully saturated rings. The lowest BCUT2D eigenvalue weighted by atomic mass is 10.1. The summed E-state index contributed by atoms with van der Waals surface area (Å²) in [6.07, 6.45) is -0.663. The van der Waals surface area contributed by atoms with Crippen molar-refractivity contribution >= 4 is 39.3 Å². The van der Waals surface area contributed by atoms with Crippen LogP contribution in [-0.2, 0) is 4.79 Å². The summed E-state index contributed by atoms with van der Waals surface area (Å²) < 4.78 is 7.24. The number of anilines is 1. The summed E-state index contributed by atoms with van der Waals surface area (Å²) in [5, 5.41) is 9.13. The standard InChI is InChI=1S/C20H17BrN4O2S/c1-3-28-20-22-18-17(23-24-20)15-6-4-5-7-16(15)25(12(2)26)19(27-18)13-8-10-14(21)11-9-13/h4-11,19H,3H2,1-2H3. The van der Waals surface area contributed by atoms with Crippen LogP contribution < -0.4 is 9.64 Å². The molecule has 1 aromatic heterocycles. The van der Waals surface area contributed by atoms with Gasteiger partial charge in [-0.1, -0.05) is 64.9 Å². The van der Waals surface area contributed by atoms with Gasteiger partial charge in [0, 0.05) is 22.5 Å². The first kappa shape index (κ1) is 18.9. The van der Waals surface area contributed by atoms with Crippen molar-refractivity contribution in [3.63, 3.8) is 0 Å². The van der Waals surface area contributed by atoms with Gasteiger partial charge >= 0.3 is 0 Å². The molecule has 4 rings (SSSR count). The zero-order chi connectivity index (χ0) is 19.7. The van der Waals surface area contributed by atoms with Gasteiger partial charge in [0.15, 0.2) is 5.69 Å². The van der Waals surface area contributed by atoms with Crippen LogP contribution in [0.25, 0.3) is 11.3 Å². The van der Waals surface area contributed by atoms with Crippen LogP contribution in [-0.4, -0.2) is 26.8 Å². The molecule has 1 aliphatic heterocycles. The van der Waals surface area contributed by atoms with Crippen LogP contribution in [0.1, 0.15) is 25.6 Å². The van der Waals surface area contributed by atoms with E-state index < -0.39 is 6.23 Å². The van der Waals surface area contributed by atoms with Gasteiger partial charge < -0.3 is 4.74 Å². The van der Waals surface area contributed by atoms with Gasteiger partial charge in [-0.15, -0.1) is 10.2 Å². The van der Waals surface area contributed by atoms with Crippen molar-refractivity contribution in [2.75, 3.05) is 10.7 Å². The van der Waals surface area contributed by atoms with E-state index in [-0.39, 0.29) is 5.91 Å². The highest BCUT2D eigenvalue weighted by Crippen LogP contribution is 2.43. The van der Waals surface area contributed by atoms with E-state index in [1.54, 1.807) is 4.90 Å². The minimum atomic E-state index is -0.663. The van der Waals surface area contributed by atoms with E-state index in [2.05, 4.69) is 31.1 Å². The molecule has 28 heavy (non-hydrogen) atoms. The number of thioether (sulfide) groups is 1. The van der Waals surface area contributed by atoms with E-state index in [9.17, 15) is 4.79 Å². The Hall–Kier alpha value is -2.45. The predicted octanol–water partition coefficient (Wildman–Crippen LogP) is 4.86. The Morgan fingerprint density at radius 2 is 1.93 bits per heavy atom. The number of halogens is 1. The highest BCUT2D eigenvalue weighted by molar-refractivity contribution is 9.10. The lowest BCUT2D eigenvalue weighted by Crippen LogP contribution is -2.36. The molecule has 0 N–H and O–H groups in total. The molecule has 1 aliphatic rings. The number of aromatic nitrogens is 3. The fourth-order valence-electron chi connectivity index (χ4n) is 3.09. The molecule has 8 heteroatoms. The van der Waals surface area contributed by atoms with Crippen molar-refractivity contribution in [1.82, 2.24) is 15.2 Å². The van der Waals surface area contributed by atoms with Crippen molar-refractivity contribution in [2.45, 2.75) is 25.2 Å². The maximum absolute atomic E-state index is 12.7. The Morgan fingerprint density at radius 1 is 1.18 bits per heavy atom. The molecule has 0 radical (unpaired) electrons. The number of hydrogen-bond donors (Lipinski definition) is 0. The second kappa shape index (κ2) is 7.89. The van der Waals surface area contributed by atoms with E-state index in [0.29, 0.717) is 22.4 Å². The highest BCUT2D eigenvalue weighted by Gasteiger charge is 2.34. The van der Waals surface area contributed by atoms with Crippen molar-refractivity contribution in [1.29, 1.82) is 0 Å². The maximum Gasteiger partial charge on any atom is 0.247 e. The molecule has 1 unspecified atom stereocenters. The van der Waals surface area contributed by atoms with Crippen molar-refractivity contribution in [3.05, 3.63) is 58.6 Å². The van der Waals surface area contributed by atoms with Crippen LogP contribution in [0.4, 0.5) is 5.69 Å². The lowest BCUT2D eigenvalue weighted by molar-refractivity contribution is -0.118. The van der Waals surface area contributed by atoms with E-state index in [1.165, 1.54) is 18.7 Å². The Morgan fingerprint density at radius 3 is 2.64 bits per heavy atom. The second-order valence-electron chi connectivity index (χ2n) is 6.11. The summed E-state index contributed by atoms with van der Waals surface area (Å²) in [6.45, 7) is 3.55. The molecule has 2 heterocycles.